The molecule has 1 aromatic carbocycles. The van der Waals surface area contributed by atoms with Gasteiger partial charge in [0.2, 0.25) is 0 Å². The van der Waals surface area contributed by atoms with Crippen molar-refractivity contribution in [3.63, 3.8) is 0 Å². The van der Waals surface area contributed by atoms with E-state index < -0.39 is 12.5 Å². The summed E-state index contributed by atoms with van der Waals surface area (Å²) < 4.78 is 1.05. The van der Waals surface area contributed by atoms with Crippen LogP contribution in [-0.2, 0) is 17.8 Å². The fourth-order valence-electron chi connectivity index (χ4n) is 2.86. The third-order valence-corrected chi connectivity index (χ3v) is 4.13. The Balaban J connectivity index is 2.06. The quantitative estimate of drug-likeness (QED) is 0.861. The molecule has 0 atom stereocenters. The molecule has 0 saturated heterocycles. The molecule has 1 aliphatic rings. The lowest BCUT2D eigenvalue weighted by Gasteiger charge is -2.22. The average molecular weight is 313 g/mol. The van der Waals surface area contributed by atoms with E-state index in [0.29, 0.717) is 11.8 Å². The number of rotatable bonds is 4. The zero-order chi connectivity index (χ0) is 16.4. The van der Waals surface area contributed by atoms with Gasteiger partial charge in [0.05, 0.1) is 11.1 Å². The molecule has 0 fully saturated rings. The van der Waals surface area contributed by atoms with Gasteiger partial charge in [-0.2, -0.15) is 5.10 Å². The molecule has 0 amide bonds. The second kappa shape index (κ2) is 6.34. The van der Waals surface area contributed by atoms with Crippen LogP contribution in [0, 0.1) is 0 Å². The highest BCUT2D eigenvalue weighted by Crippen LogP contribution is 2.19. The van der Waals surface area contributed by atoms with Crippen LogP contribution in [0.2, 0.25) is 0 Å². The van der Waals surface area contributed by atoms with E-state index >= 15 is 0 Å². The fourth-order valence-corrected chi connectivity index (χ4v) is 2.86. The number of benzene rings is 1. The van der Waals surface area contributed by atoms with Gasteiger partial charge in [0.1, 0.15) is 6.54 Å². The highest BCUT2D eigenvalue weighted by molar-refractivity contribution is 5.84. The third-order valence-electron chi connectivity index (χ3n) is 4.13. The second-order valence-electron chi connectivity index (χ2n) is 5.90. The summed E-state index contributed by atoms with van der Waals surface area (Å²) in [6.07, 6.45) is 3.80. The number of hydrogen-bond acceptors (Lipinski definition) is 4. The minimum absolute atomic E-state index is 0.357. The zero-order valence-electron chi connectivity index (χ0n) is 13.0. The van der Waals surface area contributed by atoms with Crippen molar-refractivity contribution in [3.8, 4) is 0 Å². The molecular weight excluding hydrogens is 294 g/mol. The number of nitrogens with zero attached hydrogens (tertiary/aromatic N) is 3. The normalized spacial score (nSPS) is 15.6. The van der Waals surface area contributed by atoms with Crippen molar-refractivity contribution in [1.82, 2.24) is 14.7 Å². The first-order valence-electron chi connectivity index (χ1n) is 7.61. The number of aromatic nitrogens is 2. The van der Waals surface area contributed by atoms with Crippen LogP contribution in [0.1, 0.15) is 12.1 Å². The van der Waals surface area contributed by atoms with E-state index in [1.54, 1.807) is 12.1 Å². The van der Waals surface area contributed by atoms with Crippen LogP contribution >= 0.6 is 0 Å². The van der Waals surface area contributed by atoms with Crippen molar-refractivity contribution in [2.24, 2.45) is 0 Å². The fraction of sp³-hybridized carbons (Fsp3) is 0.353. The van der Waals surface area contributed by atoms with Gasteiger partial charge in [-0.25, -0.2) is 4.68 Å². The summed E-state index contributed by atoms with van der Waals surface area (Å²) in [4.78, 5) is 25.6. The van der Waals surface area contributed by atoms with Crippen molar-refractivity contribution < 1.29 is 9.90 Å². The van der Waals surface area contributed by atoms with Crippen molar-refractivity contribution in [3.05, 3.63) is 52.0 Å². The Morgan fingerprint density at radius 2 is 2.04 bits per heavy atom. The van der Waals surface area contributed by atoms with E-state index in [4.69, 9.17) is 5.11 Å². The predicted octanol–water partition coefficient (Wildman–Crippen LogP) is 1.29. The molecule has 1 aliphatic heterocycles. The van der Waals surface area contributed by atoms with Crippen molar-refractivity contribution in [1.29, 1.82) is 0 Å². The first-order valence-corrected chi connectivity index (χ1v) is 7.61. The summed E-state index contributed by atoms with van der Waals surface area (Å²) in [5, 5.41) is 14.6. The topological polar surface area (TPSA) is 75.4 Å². The lowest BCUT2D eigenvalue weighted by Crippen LogP contribution is -2.28. The van der Waals surface area contributed by atoms with Gasteiger partial charge in [0.25, 0.3) is 5.56 Å². The third kappa shape index (κ3) is 3.32. The van der Waals surface area contributed by atoms with Crippen molar-refractivity contribution in [2.45, 2.75) is 19.4 Å². The molecule has 6 nitrogen and oxygen atoms in total. The first-order chi connectivity index (χ1) is 11.0. The number of likely N-dealkylation sites (N-methyl/N-ethyl adjacent to an activating group) is 1. The number of carboxylic acid groups (broad SMARTS) is 1. The molecule has 0 unspecified atom stereocenters. The number of carbonyl (C=O) groups is 1. The molecular formula is C17H19N3O3. The van der Waals surface area contributed by atoms with Crippen molar-refractivity contribution in [2.75, 3.05) is 20.1 Å². The molecule has 1 aromatic heterocycles. The first kappa shape index (κ1) is 15.4. The lowest BCUT2D eigenvalue weighted by atomic mass is 10.00. The number of carboxylic acids is 1. The standard InChI is InChI=1S/C17H19N3O3/c1-19-8-6-12(7-9-19)10-15-13-4-2-3-5-14(13)17(23)20(18-15)11-16(21)22/h2-6H,7-11H2,1H3,(H,21,22). The summed E-state index contributed by atoms with van der Waals surface area (Å²) in [5.41, 5.74) is 1.68. The van der Waals surface area contributed by atoms with Crippen LogP contribution in [0.4, 0.5) is 0 Å². The van der Waals surface area contributed by atoms with Gasteiger partial charge in [0, 0.05) is 24.9 Å². The van der Waals surface area contributed by atoms with E-state index in [1.165, 1.54) is 5.57 Å². The summed E-state index contributed by atoms with van der Waals surface area (Å²) in [5.74, 6) is -1.07. The van der Waals surface area contributed by atoms with Crippen LogP contribution in [0.5, 0.6) is 0 Å². The van der Waals surface area contributed by atoms with Gasteiger partial charge in [-0.3, -0.25) is 9.59 Å². The molecule has 0 radical (unpaired) electrons. The van der Waals surface area contributed by atoms with Gasteiger partial charge >= 0.3 is 5.97 Å². The Morgan fingerprint density at radius 3 is 2.70 bits per heavy atom. The van der Waals surface area contributed by atoms with Gasteiger partial charge in [0.15, 0.2) is 0 Å². The Hall–Kier alpha value is -2.47. The molecule has 2 aromatic rings. The zero-order valence-corrected chi connectivity index (χ0v) is 13.0. The molecule has 0 saturated carbocycles. The van der Waals surface area contributed by atoms with Crippen LogP contribution < -0.4 is 5.56 Å². The molecule has 2 heterocycles. The van der Waals surface area contributed by atoms with Gasteiger partial charge in [-0.1, -0.05) is 29.8 Å². The van der Waals surface area contributed by atoms with Crippen LogP contribution in [0.25, 0.3) is 10.8 Å². The van der Waals surface area contributed by atoms with Crippen LogP contribution in [0.3, 0.4) is 0 Å². The van der Waals surface area contributed by atoms with Gasteiger partial charge < -0.3 is 10.0 Å². The Labute approximate surface area is 133 Å². The van der Waals surface area contributed by atoms with Crippen LogP contribution in [0.15, 0.2) is 40.7 Å². The van der Waals surface area contributed by atoms with Crippen LogP contribution in [-0.4, -0.2) is 45.9 Å². The maximum Gasteiger partial charge on any atom is 0.325 e. The Kier molecular flexibility index (Phi) is 4.25. The van der Waals surface area contributed by atoms with Gasteiger partial charge in [-0.05, 0) is 19.5 Å². The molecule has 6 heteroatoms. The summed E-state index contributed by atoms with van der Waals surface area (Å²) >= 11 is 0. The number of aliphatic carboxylic acids is 1. The van der Waals surface area contributed by atoms with E-state index in [0.717, 1.165) is 35.3 Å². The minimum Gasteiger partial charge on any atom is -0.480 e. The summed E-state index contributed by atoms with van der Waals surface area (Å²) in [6, 6.07) is 7.26. The molecule has 3 rings (SSSR count). The highest BCUT2D eigenvalue weighted by Gasteiger charge is 2.15. The molecule has 1 N–H and O–H groups in total. The van der Waals surface area contributed by atoms with E-state index in [9.17, 15) is 9.59 Å². The SMILES string of the molecule is CN1CC=C(Cc2nn(CC(=O)O)c(=O)c3ccccc23)CC1. The monoisotopic (exact) mass is 313 g/mol. The molecule has 0 aliphatic carbocycles. The second-order valence-corrected chi connectivity index (χ2v) is 5.90. The highest BCUT2D eigenvalue weighted by atomic mass is 16.4. The van der Waals surface area contributed by atoms with E-state index in [-0.39, 0.29) is 5.56 Å². The molecule has 0 spiro atoms. The molecule has 0 bridgehead atoms. The largest absolute Gasteiger partial charge is 0.480 e. The Morgan fingerprint density at radius 1 is 1.30 bits per heavy atom. The molecule has 120 valence electrons. The maximum atomic E-state index is 12.4. The Bertz CT molecular complexity index is 839. The van der Waals surface area contributed by atoms with Crippen molar-refractivity contribution >= 4 is 16.7 Å². The average Bonchev–Trinajstić information content (AvgIpc) is 2.53. The predicted molar refractivity (Wildman–Crippen MR) is 87.5 cm³/mol. The van der Waals surface area contributed by atoms with E-state index in [2.05, 4.69) is 23.1 Å². The molecule has 23 heavy (non-hydrogen) atoms. The summed E-state index contributed by atoms with van der Waals surface area (Å²) in [6.45, 7) is 1.49. The summed E-state index contributed by atoms with van der Waals surface area (Å²) in [7, 11) is 2.08. The van der Waals surface area contributed by atoms with Gasteiger partial charge in [-0.15, -0.1) is 0 Å². The smallest absolute Gasteiger partial charge is 0.325 e. The van der Waals surface area contributed by atoms with E-state index in [1.807, 2.05) is 12.1 Å². The number of hydrogen-bond donors (Lipinski definition) is 1. The maximum absolute atomic E-state index is 12.4. The lowest BCUT2D eigenvalue weighted by molar-refractivity contribution is -0.138. The number of fused-ring (bicyclic) bond motifs is 1. The minimum atomic E-state index is -1.07.